The molecule has 0 spiro atoms. The first-order valence-corrected chi connectivity index (χ1v) is 7.86. The first-order chi connectivity index (χ1) is 10.1. The molecule has 0 aliphatic heterocycles. The van der Waals surface area contributed by atoms with Crippen LogP contribution in [-0.4, -0.2) is 24.6 Å². The van der Waals surface area contributed by atoms with Gasteiger partial charge >= 0.3 is 0 Å². The van der Waals surface area contributed by atoms with Crippen molar-refractivity contribution in [3.8, 4) is 0 Å². The smallest absolute Gasteiger partial charge is 0.255 e. The van der Waals surface area contributed by atoms with Gasteiger partial charge in [-0.1, -0.05) is 18.5 Å². The Labute approximate surface area is 131 Å². The van der Waals surface area contributed by atoms with Crippen LogP contribution in [0.1, 0.15) is 35.3 Å². The highest BCUT2D eigenvalue weighted by Gasteiger charge is 2.16. The monoisotopic (exact) mass is 322 g/mol. The number of nitrogens with one attached hydrogen (secondary N) is 1. The van der Waals surface area contributed by atoms with Gasteiger partial charge in [-0.15, -0.1) is 11.3 Å². The van der Waals surface area contributed by atoms with E-state index in [-0.39, 0.29) is 6.04 Å². The van der Waals surface area contributed by atoms with Gasteiger partial charge in [0.1, 0.15) is 22.3 Å². The summed E-state index contributed by atoms with van der Waals surface area (Å²) in [6.45, 7) is 6.10. The van der Waals surface area contributed by atoms with Crippen molar-refractivity contribution in [3.63, 3.8) is 0 Å². The molecule has 3 aromatic heterocycles. The zero-order valence-electron chi connectivity index (χ0n) is 12.0. The number of aryl methyl sites for hydroxylation is 1. The zero-order valence-corrected chi connectivity index (χ0v) is 13.5. The molecule has 0 aliphatic rings. The predicted octanol–water partition coefficient (Wildman–Crippen LogP) is 3.28. The molecule has 0 aliphatic carbocycles. The van der Waals surface area contributed by atoms with Crippen molar-refractivity contribution in [1.29, 1.82) is 0 Å². The molecule has 0 fully saturated rings. The lowest BCUT2D eigenvalue weighted by Crippen LogP contribution is -2.12. The van der Waals surface area contributed by atoms with Crippen LogP contribution in [0.15, 0.2) is 12.5 Å². The SMILES string of the molecule is CCc1cnc(C(C)Nc2c(C)c(Cl)nc3ncnn23)s1. The molecule has 1 N–H and O–H groups in total. The Balaban J connectivity index is 1.97. The third kappa shape index (κ3) is 2.58. The lowest BCUT2D eigenvalue weighted by atomic mass is 10.3. The van der Waals surface area contributed by atoms with Crippen LogP contribution in [0.3, 0.4) is 0 Å². The van der Waals surface area contributed by atoms with Crippen LogP contribution in [0.4, 0.5) is 5.82 Å². The Hall–Kier alpha value is -1.73. The van der Waals surface area contributed by atoms with E-state index in [1.807, 2.05) is 13.1 Å². The van der Waals surface area contributed by atoms with Gasteiger partial charge in [0.05, 0.1) is 6.04 Å². The molecular formula is C13H15ClN6S. The van der Waals surface area contributed by atoms with Crippen LogP contribution >= 0.6 is 22.9 Å². The van der Waals surface area contributed by atoms with Crippen LogP contribution in [0.5, 0.6) is 0 Å². The number of fused-ring (bicyclic) bond motifs is 1. The summed E-state index contributed by atoms with van der Waals surface area (Å²) in [7, 11) is 0. The van der Waals surface area contributed by atoms with Gasteiger partial charge in [-0.05, 0) is 20.3 Å². The average Bonchev–Trinajstić information content (AvgIpc) is 3.11. The van der Waals surface area contributed by atoms with Crippen molar-refractivity contribution in [2.45, 2.75) is 33.2 Å². The molecule has 0 aromatic carbocycles. The minimum absolute atomic E-state index is 0.0554. The number of rotatable bonds is 4. The summed E-state index contributed by atoms with van der Waals surface area (Å²) in [5, 5.41) is 9.08. The molecule has 21 heavy (non-hydrogen) atoms. The van der Waals surface area contributed by atoms with Crippen molar-refractivity contribution >= 4 is 34.5 Å². The second-order valence-electron chi connectivity index (χ2n) is 4.73. The van der Waals surface area contributed by atoms with Crippen molar-refractivity contribution in [2.75, 3.05) is 5.32 Å². The van der Waals surface area contributed by atoms with Crippen molar-refractivity contribution in [3.05, 3.63) is 33.1 Å². The number of hydrogen-bond acceptors (Lipinski definition) is 6. The van der Waals surface area contributed by atoms with E-state index in [2.05, 4.69) is 39.2 Å². The normalized spacial score (nSPS) is 12.8. The highest BCUT2D eigenvalue weighted by atomic mass is 35.5. The van der Waals surface area contributed by atoms with E-state index >= 15 is 0 Å². The maximum absolute atomic E-state index is 6.16. The highest BCUT2D eigenvalue weighted by Crippen LogP contribution is 2.28. The summed E-state index contributed by atoms with van der Waals surface area (Å²) >= 11 is 7.87. The van der Waals surface area contributed by atoms with Gasteiger partial charge in [0.25, 0.3) is 5.78 Å². The van der Waals surface area contributed by atoms with E-state index in [9.17, 15) is 0 Å². The Kier molecular flexibility index (Phi) is 3.77. The fourth-order valence-corrected chi connectivity index (χ4v) is 3.04. The highest BCUT2D eigenvalue weighted by molar-refractivity contribution is 7.11. The van der Waals surface area contributed by atoms with E-state index in [0.29, 0.717) is 10.9 Å². The van der Waals surface area contributed by atoms with Crippen molar-refractivity contribution in [1.82, 2.24) is 24.6 Å². The Bertz CT molecular complexity index is 780. The summed E-state index contributed by atoms with van der Waals surface area (Å²) in [4.78, 5) is 14.0. The largest absolute Gasteiger partial charge is 0.361 e. The van der Waals surface area contributed by atoms with Crippen LogP contribution < -0.4 is 5.32 Å². The summed E-state index contributed by atoms with van der Waals surface area (Å²) in [6, 6.07) is 0.0554. The molecule has 0 saturated carbocycles. The van der Waals surface area contributed by atoms with Crippen molar-refractivity contribution in [2.24, 2.45) is 0 Å². The van der Waals surface area contributed by atoms with Crippen LogP contribution in [0.25, 0.3) is 5.78 Å². The summed E-state index contributed by atoms with van der Waals surface area (Å²) in [5.74, 6) is 1.27. The fraction of sp³-hybridized carbons (Fsp3) is 0.385. The van der Waals surface area contributed by atoms with Crippen LogP contribution in [0.2, 0.25) is 5.15 Å². The predicted molar refractivity (Wildman–Crippen MR) is 84.1 cm³/mol. The fourth-order valence-electron chi connectivity index (χ4n) is 2.02. The van der Waals surface area contributed by atoms with E-state index in [4.69, 9.17) is 11.6 Å². The number of nitrogens with zero attached hydrogens (tertiary/aromatic N) is 5. The van der Waals surface area contributed by atoms with Gasteiger partial charge in [-0.3, -0.25) is 0 Å². The van der Waals surface area contributed by atoms with E-state index < -0.39 is 0 Å². The molecule has 1 atom stereocenters. The minimum atomic E-state index is 0.0554. The van der Waals surface area contributed by atoms with Crippen LogP contribution in [0, 0.1) is 6.92 Å². The first-order valence-electron chi connectivity index (χ1n) is 6.67. The second kappa shape index (κ2) is 5.57. The second-order valence-corrected chi connectivity index (χ2v) is 6.24. The van der Waals surface area contributed by atoms with Gasteiger partial charge < -0.3 is 5.32 Å². The minimum Gasteiger partial charge on any atom is -0.361 e. The summed E-state index contributed by atoms with van der Waals surface area (Å²) in [5.41, 5.74) is 0.841. The number of anilines is 1. The van der Waals surface area contributed by atoms with E-state index in [1.54, 1.807) is 15.9 Å². The molecule has 8 heteroatoms. The molecule has 1 unspecified atom stereocenters. The zero-order chi connectivity index (χ0) is 15.0. The molecule has 3 aromatic rings. The van der Waals surface area contributed by atoms with E-state index in [0.717, 1.165) is 22.8 Å². The van der Waals surface area contributed by atoms with Gasteiger partial charge in [-0.25, -0.2) is 4.98 Å². The van der Waals surface area contributed by atoms with Crippen molar-refractivity contribution < 1.29 is 0 Å². The molecule has 3 rings (SSSR count). The average molecular weight is 323 g/mol. The van der Waals surface area contributed by atoms with Crippen LogP contribution in [-0.2, 0) is 6.42 Å². The van der Waals surface area contributed by atoms with Gasteiger partial charge in [0.2, 0.25) is 0 Å². The quantitative estimate of drug-likeness (QED) is 0.747. The first kappa shape index (κ1) is 14.2. The van der Waals surface area contributed by atoms with Gasteiger partial charge in [-0.2, -0.15) is 19.6 Å². The number of halogens is 1. The Morgan fingerprint density at radius 1 is 1.43 bits per heavy atom. The Morgan fingerprint density at radius 2 is 2.24 bits per heavy atom. The molecule has 110 valence electrons. The summed E-state index contributed by atoms with van der Waals surface area (Å²) in [6.07, 6.45) is 4.39. The lowest BCUT2D eigenvalue weighted by molar-refractivity contribution is 0.826. The van der Waals surface area contributed by atoms with Gasteiger partial charge in [0, 0.05) is 16.6 Å². The molecule has 0 bridgehead atoms. The molecule has 0 radical (unpaired) electrons. The number of aromatic nitrogens is 5. The maximum Gasteiger partial charge on any atom is 0.255 e. The third-order valence-corrected chi connectivity index (χ3v) is 4.94. The maximum atomic E-state index is 6.16. The third-order valence-electron chi connectivity index (χ3n) is 3.25. The molecule has 0 amide bonds. The standard InChI is InChI=1S/C13H15ClN6S/c1-4-9-5-15-12(21-9)8(3)18-11-7(2)10(14)19-13-16-6-17-20(11)13/h5-6,8,18H,4H2,1-3H3. The lowest BCUT2D eigenvalue weighted by Gasteiger charge is -2.16. The Morgan fingerprint density at radius 3 is 2.95 bits per heavy atom. The molecule has 3 heterocycles. The number of thiazole rings is 1. The topological polar surface area (TPSA) is 68.0 Å². The van der Waals surface area contributed by atoms with Gasteiger partial charge in [0.15, 0.2) is 0 Å². The molecule has 6 nitrogen and oxygen atoms in total. The summed E-state index contributed by atoms with van der Waals surface area (Å²) < 4.78 is 1.66. The molecular weight excluding hydrogens is 308 g/mol. The molecule has 0 saturated heterocycles. The number of hydrogen-bond donors (Lipinski definition) is 1. The van der Waals surface area contributed by atoms with E-state index in [1.165, 1.54) is 11.2 Å².